The Morgan fingerprint density at radius 3 is 2.43 bits per heavy atom. The van der Waals surface area contributed by atoms with Gasteiger partial charge in [-0.3, -0.25) is 4.57 Å². The second-order valence-corrected chi connectivity index (χ2v) is 7.14. The van der Waals surface area contributed by atoms with Crippen LogP contribution >= 0.6 is 20.0 Å². The third-order valence-electron chi connectivity index (χ3n) is 2.01. The average molecular weight is 366 g/mol. The standard InChI is InChI=1S/C9H10F3O6PS2/c1-6-4-3-5-7(20-9(10,11)12)8(6)21(14,15)18-17-19(13)16-2/h3-5,19H,1-2H3. The Labute approximate surface area is 123 Å². The van der Waals surface area contributed by atoms with Crippen LogP contribution in [0.15, 0.2) is 28.0 Å². The Balaban J connectivity index is 3.18. The number of halogens is 3. The molecule has 0 saturated heterocycles. The molecule has 0 saturated carbocycles. The van der Waals surface area contributed by atoms with Gasteiger partial charge in [0.2, 0.25) is 0 Å². The van der Waals surface area contributed by atoms with Crippen LogP contribution < -0.4 is 0 Å². The largest absolute Gasteiger partial charge is 0.446 e. The van der Waals surface area contributed by atoms with Gasteiger partial charge in [0.05, 0.1) is 0 Å². The minimum atomic E-state index is -4.70. The van der Waals surface area contributed by atoms with Crippen molar-refractivity contribution >= 4 is 30.1 Å². The summed E-state index contributed by atoms with van der Waals surface area (Å²) in [5.41, 5.74) is -4.66. The third-order valence-corrected chi connectivity index (χ3v) is 4.89. The fourth-order valence-corrected chi connectivity index (χ4v) is 3.87. The van der Waals surface area contributed by atoms with Crippen molar-refractivity contribution in [2.24, 2.45) is 0 Å². The molecule has 0 aromatic heterocycles. The highest BCUT2D eigenvalue weighted by Crippen LogP contribution is 2.41. The van der Waals surface area contributed by atoms with E-state index >= 15 is 0 Å². The van der Waals surface area contributed by atoms with E-state index in [0.29, 0.717) is 0 Å². The number of alkyl halides is 3. The van der Waals surface area contributed by atoms with Crippen molar-refractivity contribution < 1.29 is 39.7 Å². The van der Waals surface area contributed by atoms with E-state index < -0.39 is 45.4 Å². The Morgan fingerprint density at radius 2 is 1.90 bits per heavy atom. The molecular weight excluding hydrogens is 356 g/mol. The SMILES string of the molecule is CO[PH](=O)OOS(=O)(=O)c1c(C)cccc1SC(F)(F)F. The van der Waals surface area contributed by atoms with Gasteiger partial charge in [-0.2, -0.15) is 21.6 Å². The summed E-state index contributed by atoms with van der Waals surface area (Å²) in [6, 6.07) is 3.53. The highest BCUT2D eigenvalue weighted by molar-refractivity contribution is 8.00. The van der Waals surface area contributed by atoms with Crippen molar-refractivity contribution in [3.63, 3.8) is 0 Å². The molecular formula is C9H10F3O6PS2. The maximum absolute atomic E-state index is 12.4. The van der Waals surface area contributed by atoms with Crippen molar-refractivity contribution in [1.29, 1.82) is 0 Å². The van der Waals surface area contributed by atoms with Crippen LogP contribution in [0.5, 0.6) is 0 Å². The molecule has 1 aromatic carbocycles. The number of hydrogen-bond acceptors (Lipinski definition) is 7. The van der Waals surface area contributed by atoms with Gasteiger partial charge in [0.1, 0.15) is 4.90 Å². The van der Waals surface area contributed by atoms with Gasteiger partial charge in [0.15, 0.2) is 0 Å². The van der Waals surface area contributed by atoms with Gasteiger partial charge in [-0.15, -0.1) is 4.67 Å². The summed E-state index contributed by atoms with van der Waals surface area (Å²) < 4.78 is 84.1. The van der Waals surface area contributed by atoms with Crippen molar-refractivity contribution in [1.82, 2.24) is 0 Å². The molecule has 21 heavy (non-hydrogen) atoms. The van der Waals surface area contributed by atoms with Crippen LogP contribution in [0.25, 0.3) is 0 Å². The number of thioether (sulfide) groups is 1. The lowest BCUT2D eigenvalue weighted by atomic mass is 10.2. The molecule has 120 valence electrons. The smallest absolute Gasteiger partial charge is 0.312 e. The molecule has 0 aliphatic carbocycles. The fourth-order valence-electron chi connectivity index (χ4n) is 1.29. The normalized spacial score (nSPS) is 14.1. The Morgan fingerprint density at radius 1 is 1.29 bits per heavy atom. The summed E-state index contributed by atoms with van der Waals surface area (Å²) in [5, 5.41) is 0. The lowest BCUT2D eigenvalue weighted by molar-refractivity contribution is -0.0964. The van der Waals surface area contributed by atoms with Gasteiger partial charge in [-0.1, -0.05) is 16.5 Å². The first-order valence-electron chi connectivity index (χ1n) is 5.11. The lowest BCUT2D eigenvalue weighted by Gasteiger charge is -2.13. The maximum atomic E-state index is 12.4. The van der Waals surface area contributed by atoms with E-state index in [1.54, 1.807) is 0 Å². The molecule has 0 aliphatic rings. The summed E-state index contributed by atoms with van der Waals surface area (Å²) in [5.74, 6) is 0. The molecule has 0 fully saturated rings. The van der Waals surface area contributed by atoms with Crippen molar-refractivity contribution in [3.05, 3.63) is 23.8 Å². The van der Waals surface area contributed by atoms with E-state index in [4.69, 9.17) is 0 Å². The minimum Gasteiger partial charge on any atom is -0.312 e. The molecule has 1 unspecified atom stereocenters. The first kappa shape index (κ1) is 18.5. The van der Waals surface area contributed by atoms with Crippen molar-refractivity contribution in [2.75, 3.05) is 7.11 Å². The molecule has 0 N–H and O–H groups in total. The molecule has 1 atom stereocenters. The fraction of sp³-hybridized carbons (Fsp3) is 0.333. The molecule has 1 rings (SSSR count). The Hall–Kier alpha value is -0.580. The van der Waals surface area contributed by atoms with Crippen LogP contribution in [-0.2, 0) is 28.2 Å². The quantitative estimate of drug-likeness (QED) is 0.331. The van der Waals surface area contributed by atoms with E-state index in [2.05, 4.69) is 13.5 Å². The van der Waals surface area contributed by atoms with Gasteiger partial charge in [0.25, 0.3) is 0 Å². The monoisotopic (exact) mass is 366 g/mol. The first-order valence-corrected chi connectivity index (χ1v) is 8.56. The zero-order valence-electron chi connectivity index (χ0n) is 10.6. The van der Waals surface area contributed by atoms with E-state index in [-0.39, 0.29) is 5.56 Å². The lowest BCUT2D eigenvalue weighted by Crippen LogP contribution is -2.10. The predicted molar refractivity (Wildman–Crippen MR) is 68.5 cm³/mol. The first-order chi connectivity index (χ1) is 9.57. The summed E-state index contributed by atoms with van der Waals surface area (Å²) in [4.78, 5) is -1.29. The molecule has 12 heteroatoms. The third kappa shape index (κ3) is 5.61. The molecule has 0 spiro atoms. The van der Waals surface area contributed by atoms with E-state index in [0.717, 1.165) is 13.2 Å². The summed E-state index contributed by atoms with van der Waals surface area (Å²) in [7, 11) is -6.92. The Bertz CT molecular complexity index is 631. The number of aryl methyl sites for hydroxylation is 1. The second kappa shape index (κ2) is 7.12. The van der Waals surface area contributed by atoms with Crippen LogP contribution in [0.2, 0.25) is 0 Å². The predicted octanol–water partition coefficient (Wildman–Crippen LogP) is 3.28. The van der Waals surface area contributed by atoms with E-state index in [9.17, 15) is 26.2 Å². The molecule has 0 aliphatic heterocycles. The summed E-state index contributed by atoms with van der Waals surface area (Å²) >= 11 is -0.607. The molecule has 0 bridgehead atoms. The van der Waals surface area contributed by atoms with Crippen LogP contribution in [0, 0.1) is 6.92 Å². The van der Waals surface area contributed by atoms with Crippen LogP contribution in [0.3, 0.4) is 0 Å². The zero-order chi connectivity index (χ0) is 16.3. The molecule has 0 radical (unpaired) electrons. The number of benzene rings is 1. The molecule has 0 heterocycles. The van der Waals surface area contributed by atoms with Crippen LogP contribution in [0.1, 0.15) is 5.56 Å². The van der Waals surface area contributed by atoms with Gasteiger partial charge in [0, 0.05) is 12.0 Å². The Kier molecular flexibility index (Phi) is 6.26. The highest BCUT2D eigenvalue weighted by Gasteiger charge is 2.34. The maximum Gasteiger partial charge on any atom is 0.446 e. The molecule has 0 amide bonds. The van der Waals surface area contributed by atoms with Crippen LogP contribution in [0.4, 0.5) is 13.2 Å². The second-order valence-electron chi connectivity index (χ2n) is 3.51. The average Bonchev–Trinajstić information content (AvgIpc) is 2.33. The highest BCUT2D eigenvalue weighted by atomic mass is 32.2. The van der Waals surface area contributed by atoms with Gasteiger partial charge < -0.3 is 4.52 Å². The van der Waals surface area contributed by atoms with Gasteiger partial charge >= 0.3 is 23.9 Å². The van der Waals surface area contributed by atoms with Crippen molar-refractivity contribution in [3.8, 4) is 0 Å². The van der Waals surface area contributed by atoms with Gasteiger partial charge in [-0.25, -0.2) is 0 Å². The summed E-state index contributed by atoms with van der Waals surface area (Å²) in [6.45, 7) is 1.29. The topological polar surface area (TPSA) is 78.9 Å². The number of rotatable bonds is 6. The number of hydrogen-bond donors (Lipinski definition) is 0. The van der Waals surface area contributed by atoms with E-state index in [1.165, 1.54) is 19.1 Å². The van der Waals surface area contributed by atoms with E-state index in [1.807, 2.05) is 0 Å². The molecule has 6 nitrogen and oxygen atoms in total. The van der Waals surface area contributed by atoms with Crippen molar-refractivity contribution in [2.45, 2.75) is 22.2 Å². The zero-order valence-corrected chi connectivity index (χ0v) is 13.3. The van der Waals surface area contributed by atoms with Gasteiger partial charge in [-0.05, 0) is 30.3 Å². The van der Waals surface area contributed by atoms with Crippen LogP contribution in [-0.4, -0.2) is 21.0 Å². The summed E-state index contributed by atoms with van der Waals surface area (Å²) in [6.07, 6.45) is 0. The minimum absolute atomic E-state index is 0.0185. The molecule has 1 aromatic rings.